The van der Waals surface area contributed by atoms with E-state index in [0.29, 0.717) is 34.1 Å². The van der Waals surface area contributed by atoms with Crippen LogP contribution in [0.3, 0.4) is 0 Å². The lowest BCUT2D eigenvalue weighted by Gasteiger charge is -2.12. The molecule has 0 aliphatic heterocycles. The minimum Gasteiger partial charge on any atom is -0.482 e. The highest BCUT2D eigenvalue weighted by Crippen LogP contribution is 2.33. The Kier molecular flexibility index (Phi) is 5.85. The lowest BCUT2D eigenvalue weighted by Crippen LogP contribution is -2.08. The van der Waals surface area contributed by atoms with Crippen molar-refractivity contribution in [1.82, 2.24) is 15.5 Å². The summed E-state index contributed by atoms with van der Waals surface area (Å²) in [5, 5.41) is 7.96. The highest BCUT2D eigenvalue weighted by molar-refractivity contribution is 6.35. The van der Waals surface area contributed by atoms with Crippen LogP contribution >= 0.6 is 23.2 Å². The molecule has 2 aromatic rings. The Hall–Kier alpha value is -1.30. The van der Waals surface area contributed by atoms with Crippen LogP contribution in [0.4, 0.5) is 0 Å². The quantitative estimate of drug-likeness (QED) is 0.840. The fourth-order valence-electron chi connectivity index (χ4n) is 1.90. The molecular formula is C14H17Cl2N3O2. The zero-order valence-electron chi connectivity index (χ0n) is 11.9. The van der Waals surface area contributed by atoms with Crippen LogP contribution in [-0.4, -0.2) is 17.2 Å². The Morgan fingerprint density at radius 2 is 2.14 bits per heavy atom. The number of benzene rings is 1. The first-order chi connectivity index (χ1) is 10.1. The maximum absolute atomic E-state index is 6.19. The predicted molar refractivity (Wildman–Crippen MR) is 81.9 cm³/mol. The molecule has 2 rings (SSSR count). The average molecular weight is 330 g/mol. The molecule has 1 N–H and O–H groups in total. The van der Waals surface area contributed by atoms with Crippen molar-refractivity contribution < 1.29 is 9.26 Å². The second-order valence-electron chi connectivity index (χ2n) is 4.55. The van der Waals surface area contributed by atoms with Gasteiger partial charge < -0.3 is 14.6 Å². The Morgan fingerprint density at radius 3 is 2.86 bits per heavy atom. The van der Waals surface area contributed by atoms with Crippen molar-refractivity contribution in [1.29, 1.82) is 0 Å². The number of nitrogens with zero attached hydrogens (tertiary/aromatic N) is 2. The second kappa shape index (κ2) is 7.64. The van der Waals surface area contributed by atoms with E-state index in [2.05, 4.69) is 22.4 Å². The van der Waals surface area contributed by atoms with Crippen LogP contribution in [0, 0.1) is 0 Å². The molecule has 1 aromatic heterocycles. The van der Waals surface area contributed by atoms with Crippen molar-refractivity contribution in [3.05, 3.63) is 39.5 Å². The Balaban J connectivity index is 2.11. The summed E-state index contributed by atoms with van der Waals surface area (Å²) in [6, 6.07) is 3.46. The zero-order chi connectivity index (χ0) is 15.2. The lowest BCUT2D eigenvalue weighted by atomic mass is 10.2. The highest BCUT2D eigenvalue weighted by Gasteiger charge is 2.13. The van der Waals surface area contributed by atoms with Gasteiger partial charge in [0.2, 0.25) is 0 Å². The molecule has 7 heteroatoms. The summed E-state index contributed by atoms with van der Waals surface area (Å²) in [6.45, 7) is 2.83. The van der Waals surface area contributed by atoms with Gasteiger partial charge in [-0.2, -0.15) is 4.98 Å². The molecule has 0 saturated carbocycles. The average Bonchev–Trinajstić information content (AvgIpc) is 2.86. The summed E-state index contributed by atoms with van der Waals surface area (Å²) in [5.74, 6) is 1.69. The van der Waals surface area contributed by atoms with Gasteiger partial charge in [-0.3, -0.25) is 0 Å². The molecule has 1 heterocycles. The van der Waals surface area contributed by atoms with Gasteiger partial charge in [-0.25, -0.2) is 0 Å². The maximum Gasteiger partial charge on any atom is 0.264 e. The van der Waals surface area contributed by atoms with Crippen molar-refractivity contribution >= 4 is 23.2 Å². The van der Waals surface area contributed by atoms with Crippen LogP contribution in [0.5, 0.6) is 5.75 Å². The first-order valence-corrected chi connectivity index (χ1v) is 7.46. The molecule has 21 heavy (non-hydrogen) atoms. The van der Waals surface area contributed by atoms with E-state index in [9.17, 15) is 0 Å². The smallest absolute Gasteiger partial charge is 0.264 e. The predicted octanol–water partition coefficient (Wildman–Crippen LogP) is 3.63. The van der Waals surface area contributed by atoms with Crippen LogP contribution in [-0.2, 0) is 19.6 Å². The first kappa shape index (κ1) is 16.1. The largest absolute Gasteiger partial charge is 0.482 e. The monoisotopic (exact) mass is 329 g/mol. The van der Waals surface area contributed by atoms with Crippen LogP contribution in [0.15, 0.2) is 16.7 Å². The van der Waals surface area contributed by atoms with Gasteiger partial charge in [0.1, 0.15) is 5.75 Å². The second-order valence-corrected chi connectivity index (χ2v) is 5.39. The van der Waals surface area contributed by atoms with E-state index >= 15 is 0 Å². The van der Waals surface area contributed by atoms with Gasteiger partial charge >= 0.3 is 0 Å². The lowest BCUT2D eigenvalue weighted by molar-refractivity contribution is 0.240. The van der Waals surface area contributed by atoms with Gasteiger partial charge in [-0.1, -0.05) is 35.3 Å². The highest BCUT2D eigenvalue weighted by atomic mass is 35.5. The minimum absolute atomic E-state index is 0.175. The minimum atomic E-state index is 0.175. The first-order valence-electron chi connectivity index (χ1n) is 6.70. The molecule has 0 bridgehead atoms. The summed E-state index contributed by atoms with van der Waals surface area (Å²) in [6.07, 6.45) is 1.76. The van der Waals surface area contributed by atoms with Crippen molar-refractivity contribution in [3.8, 4) is 5.75 Å². The molecule has 1 aromatic carbocycles. The Labute approximate surface area is 133 Å². The standard InChI is InChI=1S/C14H17Cl2N3O2/c1-3-4-12-18-13(21-19-12)8-20-14-9(7-17-2)5-10(15)6-11(14)16/h5-6,17H,3-4,7-8H2,1-2H3. The number of aryl methyl sites for hydroxylation is 1. The summed E-state index contributed by atoms with van der Waals surface area (Å²) in [7, 11) is 1.84. The molecule has 0 aliphatic carbocycles. The maximum atomic E-state index is 6.19. The number of hydrogen-bond acceptors (Lipinski definition) is 5. The fourth-order valence-corrected chi connectivity index (χ4v) is 2.50. The van der Waals surface area contributed by atoms with Crippen LogP contribution in [0.25, 0.3) is 0 Å². The fraction of sp³-hybridized carbons (Fsp3) is 0.429. The van der Waals surface area contributed by atoms with Crippen molar-refractivity contribution in [2.24, 2.45) is 0 Å². The van der Waals surface area contributed by atoms with E-state index in [1.54, 1.807) is 6.07 Å². The molecule has 0 amide bonds. The van der Waals surface area contributed by atoms with Crippen molar-refractivity contribution in [3.63, 3.8) is 0 Å². The number of nitrogens with one attached hydrogen (secondary N) is 1. The van der Waals surface area contributed by atoms with E-state index in [4.69, 9.17) is 32.5 Å². The summed E-state index contributed by atoms with van der Waals surface area (Å²) in [4.78, 5) is 4.25. The molecule has 0 fully saturated rings. The van der Waals surface area contributed by atoms with Crippen molar-refractivity contribution in [2.75, 3.05) is 7.05 Å². The number of halogens is 2. The molecule has 0 spiro atoms. The molecule has 0 radical (unpaired) electrons. The number of ether oxygens (including phenoxy) is 1. The van der Waals surface area contributed by atoms with Gasteiger partial charge in [0.05, 0.1) is 5.02 Å². The summed E-state index contributed by atoms with van der Waals surface area (Å²) in [5.41, 5.74) is 0.878. The normalized spacial score (nSPS) is 10.9. The third-order valence-electron chi connectivity index (χ3n) is 2.78. The molecule has 0 aliphatic rings. The van der Waals surface area contributed by atoms with Gasteiger partial charge in [-0.15, -0.1) is 0 Å². The molecule has 114 valence electrons. The van der Waals surface area contributed by atoms with Gasteiger partial charge in [0.25, 0.3) is 5.89 Å². The SMILES string of the molecule is CCCc1noc(COc2c(Cl)cc(Cl)cc2CNC)n1. The van der Waals surface area contributed by atoms with Crippen molar-refractivity contribution in [2.45, 2.75) is 32.9 Å². The molecule has 0 atom stereocenters. The Morgan fingerprint density at radius 1 is 1.33 bits per heavy atom. The van der Waals surface area contributed by atoms with Crippen LogP contribution in [0.1, 0.15) is 30.6 Å². The van der Waals surface area contributed by atoms with E-state index in [0.717, 1.165) is 18.4 Å². The zero-order valence-corrected chi connectivity index (χ0v) is 13.5. The third kappa shape index (κ3) is 4.33. The van der Waals surface area contributed by atoms with Crippen LogP contribution in [0.2, 0.25) is 10.0 Å². The number of rotatable bonds is 7. The summed E-state index contributed by atoms with van der Waals surface area (Å²) < 4.78 is 10.9. The molecule has 0 saturated heterocycles. The number of hydrogen-bond donors (Lipinski definition) is 1. The molecule has 0 unspecified atom stereocenters. The van der Waals surface area contributed by atoms with E-state index in [1.165, 1.54) is 0 Å². The Bertz CT molecular complexity index is 602. The number of aromatic nitrogens is 2. The van der Waals surface area contributed by atoms with Crippen LogP contribution < -0.4 is 10.1 Å². The third-order valence-corrected chi connectivity index (χ3v) is 3.28. The van der Waals surface area contributed by atoms with E-state index in [-0.39, 0.29) is 6.61 Å². The summed E-state index contributed by atoms with van der Waals surface area (Å²) >= 11 is 12.2. The van der Waals surface area contributed by atoms with Gasteiger partial charge in [0, 0.05) is 23.6 Å². The van der Waals surface area contributed by atoms with E-state index < -0.39 is 0 Å². The topological polar surface area (TPSA) is 60.2 Å². The molecule has 5 nitrogen and oxygen atoms in total. The van der Waals surface area contributed by atoms with Gasteiger partial charge in [-0.05, 0) is 25.6 Å². The van der Waals surface area contributed by atoms with Gasteiger partial charge in [0.15, 0.2) is 12.4 Å². The van der Waals surface area contributed by atoms with E-state index in [1.807, 2.05) is 13.1 Å². The molecular weight excluding hydrogens is 313 g/mol.